The summed E-state index contributed by atoms with van der Waals surface area (Å²) in [6.07, 6.45) is 10.3. The SMILES string of the molecule is C#CCCNC1CCC2(CC1)OCCO2. The molecular weight excluding hydrogens is 190 g/mol. The van der Waals surface area contributed by atoms with Crippen LogP contribution in [0.2, 0.25) is 0 Å². The minimum Gasteiger partial charge on any atom is -0.348 e. The second-order valence-corrected chi connectivity index (χ2v) is 4.29. The average molecular weight is 209 g/mol. The van der Waals surface area contributed by atoms with Crippen molar-refractivity contribution < 1.29 is 9.47 Å². The van der Waals surface area contributed by atoms with E-state index in [2.05, 4.69) is 11.2 Å². The van der Waals surface area contributed by atoms with Crippen LogP contribution in [0, 0.1) is 12.3 Å². The number of rotatable bonds is 3. The Kier molecular flexibility index (Phi) is 3.63. The molecule has 0 aromatic heterocycles. The first-order chi connectivity index (χ1) is 7.35. The van der Waals surface area contributed by atoms with Crippen LogP contribution in [0.25, 0.3) is 0 Å². The van der Waals surface area contributed by atoms with E-state index < -0.39 is 0 Å². The summed E-state index contributed by atoms with van der Waals surface area (Å²) in [5.74, 6) is 2.41. The average Bonchev–Trinajstić information content (AvgIpc) is 2.71. The lowest BCUT2D eigenvalue weighted by molar-refractivity contribution is -0.179. The van der Waals surface area contributed by atoms with Crippen LogP contribution in [-0.2, 0) is 9.47 Å². The maximum atomic E-state index is 5.67. The number of ether oxygens (including phenoxy) is 2. The van der Waals surface area contributed by atoms with Crippen molar-refractivity contribution in [3.8, 4) is 12.3 Å². The molecule has 2 aliphatic rings. The minimum atomic E-state index is -0.232. The monoisotopic (exact) mass is 209 g/mol. The van der Waals surface area contributed by atoms with Gasteiger partial charge in [0, 0.05) is 31.8 Å². The lowest BCUT2D eigenvalue weighted by Gasteiger charge is -2.35. The lowest BCUT2D eigenvalue weighted by atomic mass is 9.90. The molecule has 15 heavy (non-hydrogen) atoms. The second kappa shape index (κ2) is 4.98. The topological polar surface area (TPSA) is 30.5 Å². The Morgan fingerprint density at radius 3 is 2.53 bits per heavy atom. The smallest absolute Gasteiger partial charge is 0.168 e. The molecule has 0 atom stereocenters. The first kappa shape index (κ1) is 10.9. The van der Waals surface area contributed by atoms with Crippen LogP contribution < -0.4 is 5.32 Å². The van der Waals surface area contributed by atoms with Crippen molar-refractivity contribution in [1.29, 1.82) is 0 Å². The molecule has 0 aromatic rings. The van der Waals surface area contributed by atoms with Gasteiger partial charge in [-0.1, -0.05) is 0 Å². The lowest BCUT2D eigenvalue weighted by Crippen LogP contribution is -2.42. The van der Waals surface area contributed by atoms with Gasteiger partial charge < -0.3 is 14.8 Å². The standard InChI is InChI=1S/C12H19NO2/c1-2-3-8-13-11-4-6-12(7-5-11)14-9-10-15-12/h1,11,13H,3-10H2. The fourth-order valence-electron chi connectivity index (χ4n) is 2.40. The second-order valence-electron chi connectivity index (χ2n) is 4.29. The summed E-state index contributed by atoms with van der Waals surface area (Å²) < 4.78 is 11.3. The Bertz CT molecular complexity index is 230. The molecule has 3 nitrogen and oxygen atoms in total. The van der Waals surface area contributed by atoms with E-state index in [1.165, 1.54) is 0 Å². The van der Waals surface area contributed by atoms with Gasteiger partial charge in [0.05, 0.1) is 13.2 Å². The molecule has 1 aliphatic heterocycles. The van der Waals surface area contributed by atoms with Crippen molar-refractivity contribution >= 4 is 0 Å². The summed E-state index contributed by atoms with van der Waals surface area (Å²) in [7, 11) is 0. The molecule has 0 radical (unpaired) electrons. The van der Waals surface area contributed by atoms with E-state index in [1.807, 2.05) is 0 Å². The van der Waals surface area contributed by atoms with Gasteiger partial charge in [-0.25, -0.2) is 0 Å². The minimum absolute atomic E-state index is 0.232. The Hall–Kier alpha value is -0.560. The van der Waals surface area contributed by atoms with Gasteiger partial charge in [0.1, 0.15) is 0 Å². The molecule has 0 amide bonds. The van der Waals surface area contributed by atoms with Gasteiger partial charge in [0.2, 0.25) is 0 Å². The predicted molar refractivity (Wildman–Crippen MR) is 58.3 cm³/mol. The molecule has 2 rings (SSSR count). The third kappa shape index (κ3) is 2.72. The molecule has 1 aliphatic carbocycles. The highest BCUT2D eigenvalue weighted by Gasteiger charge is 2.39. The van der Waals surface area contributed by atoms with E-state index in [-0.39, 0.29) is 5.79 Å². The Morgan fingerprint density at radius 1 is 1.27 bits per heavy atom. The molecule has 1 saturated heterocycles. The van der Waals surface area contributed by atoms with Crippen LogP contribution >= 0.6 is 0 Å². The zero-order chi connectivity index (χ0) is 10.6. The summed E-state index contributed by atoms with van der Waals surface area (Å²) in [5, 5.41) is 3.48. The van der Waals surface area contributed by atoms with Crippen LogP contribution in [0.3, 0.4) is 0 Å². The number of hydrogen-bond acceptors (Lipinski definition) is 3. The van der Waals surface area contributed by atoms with Gasteiger partial charge in [-0.05, 0) is 12.8 Å². The zero-order valence-electron chi connectivity index (χ0n) is 9.13. The summed E-state index contributed by atoms with van der Waals surface area (Å²) in [6, 6.07) is 0.594. The van der Waals surface area contributed by atoms with E-state index in [4.69, 9.17) is 15.9 Å². The number of hydrogen-bond donors (Lipinski definition) is 1. The van der Waals surface area contributed by atoms with Crippen LogP contribution in [0.1, 0.15) is 32.1 Å². The third-order valence-electron chi connectivity index (χ3n) is 3.26. The summed E-state index contributed by atoms with van der Waals surface area (Å²) in [5.41, 5.74) is 0. The zero-order valence-corrected chi connectivity index (χ0v) is 9.13. The molecule has 1 heterocycles. The quantitative estimate of drug-likeness (QED) is 0.561. The highest BCUT2D eigenvalue weighted by atomic mass is 16.7. The summed E-state index contributed by atoms with van der Waals surface area (Å²) in [4.78, 5) is 0. The Balaban J connectivity index is 1.70. The van der Waals surface area contributed by atoms with Crippen molar-refractivity contribution in [2.75, 3.05) is 19.8 Å². The summed E-state index contributed by atoms with van der Waals surface area (Å²) in [6.45, 7) is 2.44. The molecule has 1 N–H and O–H groups in total. The molecule has 2 fully saturated rings. The maximum Gasteiger partial charge on any atom is 0.168 e. The maximum absolute atomic E-state index is 5.67. The van der Waals surface area contributed by atoms with Gasteiger partial charge in [0.25, 0.3) is 0 Å². The van der Waals surface area contributed by atoms with Crippen molar-refractivity contribution in [1.82, 2.24) is 5.32 Å². The van der Waals surface area contributed by atoms with Crippen LogP contribution in [0.4, 0.5) is 0 Å². The molecule has 1 saturated carbocycles. The largest absolute Gasteiger partial charge is 0.348 e. The van der Waals surface area contributed by atoms with E-state index in [0.717, 1.165) is 51.9 Å². The molecular formula is C12H19NO2. The molecule has 1 spiro atoms. The number of terminal acetylenes is 1. The molecule has 0 unspecified atom stereocenters. The highest BCUT2D eigenvalue weighted by molar-refractivity contribution is 4.88. The van der Waals surface area contributed by atoms with Gasteiger partial charge in [-0.2, -0.15) is 0 Å². The van der Waals surface area contributed by atoms with Gasteiger partial charge in [-0.15, -0.1) is 12.3 Å². The van der Waals surface area contributed by atoms with Crippen LogP contribution in [-0.4, -0.2) is 31.6 Å². The van der Waals surface area contributed by atoms with Gasteiger partial charge in [0.15, 0.2) is 5.79 Å². The van der Waals surface area contributed by atoms with Gasteiger partial charge in [-0.3, -0.25) is 0 Å². The predicted octanol–water partition coefficient (Wildman–Crippen LogP) is 1.28. The van der Waals surface area contributed by atoms with Crippen molar-refractivity contribution in [2.45, 2.75) is 43.9 Å². The van der Waals surface area contributed by atoms with Crippen molar-refractivity contribution in [3.05, 3.63) is 0 Å². The highest BCUT2D eigenvalue weighted by Crippen LogP contribution is 2.35. The van der Waals surface area contributed by atoms with E-state index in [1.54, 1.807) is 0 Å². The first-order valence-electron chi connectivity index (χ1n) is 5.79. The summed E-state index contributed by atoms with van der Waals surface area (Å²) >= 11 is 0. The Labute approximate surface area is 91.5 Å². The van der Waals surface area contributed by atoms with Crippen LogP contribution in [0.15, 0.2) is 0 Å². The molecule has 0 bridgehead atoms. The Morgan fingerprint density at radius 2 is 1.93 bits per heavy atom. The first-order valence-corrected chi connectivity index (χ1v) is 5.79. The normalized spacial score (nSPS) is 25.5. The van der Waals surface area contributed by atoms with E-state index in [9.17, 15) is 0 Å². The molecule has 0 aromatic carbocycles. The van der Waals surface area contributed by atoms with E-state index in [0.29, 0.717) is 6.04 Å². The van der Waals surface area contributed by atoms with Crippen molar-refractivity contribution in [3.63, 3.8) is 0 Å². The third-order valence-corrected chi connectivity index (χ3v) is 3.26. The molecule has 84 valence electrons. The molecule has 3 heteroatoms. The van der Waals surface area contributed by atoms with Crippen molar-refractivity contribution in [2.24, 2.45) is 0 Å². The van der Waals surface area contributed by atoms with Gasteiger partial charge >= 0.3 is 0 Å². The fourth-order valence-corrected chi connectivity index (χ4v) is 2.40. The fraction of sp³-hybridized carbons (Fsp3) is 0.833. The number of nitrogens with one attached hydrogen (secondary N) is 1. The van der Waals surface area contributed by atoms with Crippen LogP contribution in [0.5, 0.6) is 0 Å². The van der Waals surface area contributed by atoms with E-state index >= 15 is 0 Å².